The number of morpholine rings is 1. The minimum atomic E-state index is -3.59. The second kappa shape index (κ2) is 9.95. The molecule has 1 saturated heterocycles. The van der Waals surface area contributed by atoms with Crippen molar-refractivity contribution in [2.45, 2.75) is 19.9 Å². The predicted molar refractivity (Wildman–Crippen MR) is 119 cm³/mol. The summed E-state index contributed by atoms with van der Waals surface area (Å²) in [7, 11) is -3.59. The van der Waals surface area contributed by atoms with Crippen molar-refractivity contribution in [3.05, 3.63) is 59.7 Å². The van der Waals surface area contributed by atoms with Crippen molar-refractivity contribution in [3.8, 4) is 0 Å². The van der Waals surface area contributed by atoms with Gasteiger partial charge in [-0.05, 0) is 35.7 Å². The van der Waals surface area contributed by atoms with Crippen molar-refractivity contribution in [1.82, 2.24) is 5.32 Å². The van der Waals surface area contributed by atoms with Crippen molar-refractivity contribution >= 4 is 27.3 Å². The summed E-state index contributed by atoms with van der Waals surface area (Å²) >= 11 is 0. The van der Waals surface area contributed by atoms with E-state index in [1.807, 2.05) is 43.3 Å². The van der Waals surface area contributed by atoms with Crippen LogP contribution < -0.4 is 14.5 Å². The van der Waals surface area contributed by atoms with Crippen LogP contribution in [0.5, 0.6) is 0 Å². The fraction of sp³-hybridized carbons (Fsp3) is 0.409. The molecule has 0 spiro atoms. The lowest BCUT2D eigenvalue weighted by Gasteiger charge is -2.29. The number of anilines is 2. The lowest BCUT2D eigenvalue weighted by atomic mass is 10.1. The van der Waals surface area contributed by atoms with E-state index in [-0.39, 0.29) is 12.5 Å². The Morgan fingerprint density at radius 3 is 2.40 bits per heavy atom. The van der Waals surface area contributed by atoms with E-state index >= 15 is 0 Å². The summed E-state index contributed by atoms with van der Waals surface area (Å²) in [5, 5.41) is 2.83. The molecule has 2 aromatic rings. The van der Waals surface area contributed by atoms with Crippen LogP contribution in [0.2, 0.25) is 0 Å². The maximum absolute atomic E-state index is 12.5. The number of rotatable bonds is 8. The summed E-state index contributed by atoms with van der Waals surface area (Å²) in [6.07, 6.45) is 1.80. The fourth-order valence-electron chi connectivity index (χ4n) is 3.47. The Bertz CT molecular complexity index is 955. The third kappa shape index (κ3) is 5.73. The van der Waals surface area contributed by atoms with E-state index in [4.69, 9.17) is 4.74 Å². The van der Waals surface area contributed by atoms with Crippen molar-refractivity contribution in [2.75, 3.05) is 48.3 Å². The number of ether oxygens (including phenoxy) is 1. The van der Waals surface area contributed by atoms with Crippen LogP contribution in [0.25, 0.3) is 0 Å². The van der Waals surface area contributed by atoms with Gasteiger partial charge in [0.25, 0.3) is 0 Å². The van der Waals surface area contributed by atoms with Gasteiger partial charge in [-0.3, -0.25) is 9.10 Å². The Morgan fingerprint density at radius 1 is 1.10 bits per heavy atom. The first kappa shape index (κ1) is 22.1. The Labute approximate surface area is 178 Å². The number of carbonyl (C=O) groups is 1. The van der Waals surface area contributed by atoms with Crippen LogP contribution >= 0.6 is 0 Å². The standard InChI is InChI=1S/C22H29N3O4S/c1-3-19-6-4-5-7-21(19)25(30(2,27)28)17-22(26)23-16-18-8-10-20(11-9-18)24-12-14-29-15-13-24/h4-11H,3,12-17H2,1-2H3,(H,23,26). The number of benzene rings is 2. The molecule has 0 aliphatic carbocycles. The van der Waals surface area contributed by atoms with Gasteiger partial charge in [0.1, 0.15) is 6.54 Å². The highest BCUT2D eigenvalue weighted by Crippen LogP contribution is 2.23. The van der Waals surface area contributed by atoms with E-state index in [0.29, 0.717) is 18.7 Å². The highest BCUT2D eigenvalue weighted by molar-refractivity contribution is 7.92. The first-order valence-electron chi connectivity index (χ1n) is 10.1. The third-order valence-electron chi connectivity index (χ3n) is 5.13. The van der Waals surface area contributed by atoms with Crippen LogP contribution in [-0.2, 0) is 32.5 Å². The zero-order valence-electron chi connectivity index (χ0n) is 17.5. The Balaban J connectivity index is 1.62. The molecule has 30 heavy (non-hydrogen) atoms. The summed E-state index contributed by atoms with van der Waals surface area (Å²) in [6.45, 7) is 5.26. The molecule has 1 heterocycles. The molecular formula is C22H29N3O4S. The van der Waals surface area contributed by atoms with Crippen LogP contribution in [0.15, 0.2) is 48.5 Å². The number of sulfonamides is 1. The zero-order valence-corrected chi connectivity index (χ0v) is 18.3. The monoisotopic (exact) mass is 431 g/mol. The average molecular weight is 432 g/mol. The lowest BCUT2D eigenvalue weighted by Crippen LogP contribution is -2.40. The van der Waals surface area contributed by atoms with Gasteiger partial charge in [0.15, 0.2) is 0 Å². The number of para-hydroxylation sites is 1. The molecule has 162 valence electrons. The molecule has 0 saturated carbocycles. The van der Waals surface area contributed by atoms with Crippen molar-refractivity contribution < 1.29 is 17.9 Å². The van der Waals surface area contributed by atoms with Gasteiger partial charge in [-0.25, -0.2) is 8.42 Å². The van der Waals surface area contributed by atoms with E-state index in [2.05, 4.69) is 10.2 Å². The second-order valence-corrected chi connectivity index (χ2v) is 9.20. The quantitative estimate of drug-likeness (QED) is 0.693. The summed E-state index contributed by atoms with van der Waals surface area (Å²) in [4.78, 5) is 14.8. The molecule has 1 amide bonds. The second-order valence-electron chi connectivity index (χ2n) is 7.29. The van der Waals surface area contributed by atoms with Gasteiger partial charge >= 0.3 is 0 Å². The summed E-state index contributed by atoms with van der Waals surface area (Å²) in [5.74, 6) is -0.344. The van der Waals surface area contributed by atoms with Crippen LogP contribution in [0.4, 0.5) is 11.4 Å². The van der Waals surface area contributed by atoms with Gasteiger partial charge in [-0.15, -0.1) is 0 Å². The maximum Gasteiger partial charge on any atom is 0.241 e. The van der Waals surface area contributed by atoms with Crippen LogP contribution in [0, 0.1) is 0 Å². The molecule has 8 heteroatoms. The van der Waals surface area contributed by atoms with E-state index in [0.717, 1.165) is 49.4 Å². The molecule has 1 N–H and O–H groups in total. The molecular weight excluding hydrogens is 402 g/mol. The van der Waals surface area contributed by atoms with Gasteiger partial charge in [-0.1, -0.05) is 37.3 Å². The highest BCUT2D eigenvalue weighted by Gasteiger charge is 2.22. The molecule has 0 unspecified atom stereocenters. The smallest absolute Gasteiger partial charge is 0.241 e. The first-order chi connectivity index (χ1) is 14.4. The van der Waals surface area contributed by atoms with E-state index in [1.165, 1.54) is 4.31 Å². The third-order valence-corrected chi connectivity index (χ3v) is 6.26. The maximum atomic E-state index is 12.5. The van der Waals surface area contributed by atoms with Crippen molar-refractivity contribution in [1.29, 1.82) is 0 Å². The number of aryl methyl sites for hydroxylation is 1. The molecule has 1 fully saturated rings. The summed E-state index contributed by atoms with van der Waals surface area (Å²) in [6, 6.07) is 15.3. The van der Waals surface area contributed by atoms with Gasteiger partial charge in [0.2, 0.25) is 15.9 Å². The van der Waals surface area contributed by atoms with Crippen LogP contribution in [0.3, 0.4) is 0 Å². The fourth-order valence-corrected chi connectivity index (χ4v) is 4.35. The Hall–Kier alpha value is -2.58. The zero-order chi connectivity index (χ0) is 21.6. The number of carbonyl (C=O) groups excluding carboxylic acids is 1. The number of amides is 1. The largest absolute Gasteiger partial charge is 0.378 e. The van der Waals surface area contributed by atoms with Crippen LogP contribution in [0.1, 0.15) is 18.1 Å². The van der Waals surface area contributed by atoms with Crippen molar-refractivity contribution in [3.63, 3.8) is 0 Å². The molecule has 0 atom stereocenters. The van der Waals surface area contributed by atoms with Crippen molar-refractivity contribution in [2.24, 2.45) is 0 Å². The molecule has 7 nitrogen and oxygen atoms in total. The number of hydrogen-bond acceptors (Lipinski definition) is 5. The van der Waals surface area contributed by atoms with E-state index < -0.39 is 10.0 Å². The van der Waals surface area contributed by atoms with Gasteiger partial charge in [0.05, 0.1) is 25.2 Å². The van der Waals surface area contributed by atoms with Gasteiger partial charge < -0.3 is 15.0 Å². The lowest BCUT2D eigenvalue weighted by molar-refractivity contribution is -0.119. The van der Waals surface area contributed by atoms with E-state index in [1.54, 1.807) is 12.1 Å². The van der Waals surface area contributed by atoms with Gasteiger partial charge in [0, 0.05) is 25.3 Å². The molecule has 0 radical (unpaired) electrons. The Morgan fingerprint density at radius 2 is 1.77 bits per heavy atom. The normalized spacial score (nSPS) is 14.4. The summed E-state index contributed by atoms with van der Waals surface area (Å²) in [5.41, 5.74) is 3.52. The Kier molecular flexibility index (Phi) is 7.33. The molecule has 1 aliphatic heterocycles. The SMILES string of the molecule is CCc1ccccc1N(CC(=O)NCc1ccc(N2CCOCC2)cc1)S(C)(=O)=O. The summed E-state index contributed by atoms with van der Waals surface area (Å²) < 4.78 is 31.2. The molecule has 1 aliphatic rings. The topological polar surface area (TPSA) is 79.0 Å². The highest BCUT2D eigenvalue weighted by atomic mass is 32.2. The molecule has 0 aromatic heterocycles. The molecule has 2 aromatic carbocycles. The van der Waals surface area contributed by atoms with Crippen LogP contribution in [-0.4, -0.2) is 53.4 Å². The first-order valence-corrected chi connectivity index (χ1v) is 12.0. The molecule has 3 rings (SSSR count). The predicted octanol–water partition coefficient (Wildman–Crippen LogP) is 2.17. The minimum absolute atomic E-state index is 0.248. The number of nitrogens with one attached hydrogen (secondary N) is 1. The average Bonchev–Trinajstić information content (AvgIpc) is 2.76. The molecule has 0 bridgehead atoms. The number of nitrogens with zero attached hydrogens (tertiary/aromatic N) is 2. The van der Waals surface area contributed by atoms with E-state index in [9.17, 15) is 13.2 Å². The number of hydrogen-bond donors (Lipinski definition) is 1. The minimum Gasteiger partial charge on any atom is -0.378 e. The van der Waals surface area contributed by atoms with Gasteiger partial charge in [-0.2, -0.15) is 0 Å².